The van der Waals surface area contributed by atoms with Crippen LogP contribution in [0.2, 0.25) is 0 Å². The number of hydrogen-bond donors (Lipinski definition) is 3. The van der Waals surface area contributed by atoms with Gasteiger partial charge in [0.25, 0.3) is 0 Å². The zero-order chi connectivity index (χ0) is 29.0. The number of benzene rings is 2. The number of nitrogens with one attached hydrogen (secondary N) is 1. The molecule has 3 unspecified atom stereocenters. The van der Waals surface area contributed by atoms with E-state index in [0.29, 0.717) is 55.3 Å². The number of carbonyl (C=O) groups is 2. The van der Waals surface area contributed by atoms with Crippen molar-refractivity contribution in [3.8, 4) is 5.75 Å². The second-order valence-corrected chi connectivity index (χ2v) is 11.8. The predicted molar refractivity (Wildman–Crippen MR) is 154 cm³/mol. The number of carbonyl (C=O) groups excluding carboxylic acids is 1. The minimum atomic E-state index is -1.02. The normalized spacial score (nSPS) is 21.3. The lowest BCUT2D eigenvalue weighted by Gasteiger charge is -2.27. The van der Waals surface area contributed by atoms with E-state index >= 15 is 0 Å². The summed E-state index contributed by atoms with van der Waals surface area (Å²) in [4.78, 5) is 28.5. The minimum absolute atomic E-state index is 0.0732. The Labute approximate surface area is 236 Å². The molecule has 9 heteroatoms. The summed E-state index contributed by atoms with van der Waals surface area (Å²) >= 11 is 0. The van der Waals surface area contributed by atoms with Gasteiger partial charge in [0.05, 0.1) is 18.3 Å². The summed E-state index contributed by atoms with van der Waals surface area (Å²) in [5.41, 5.74) is 2.35. The van der Waals surface area contributed by atoms with Crippen LogP contribution < -0.4 is 4.90 Å². The maximum Gasteiger partial charge on any atom is 0.329 e. The Balaban J connectivity index is 1.58. The first-order chi connectivity index (χ1) is 19.0. The van der Waals surface area contributed by atoms with Gasteiger partial charge < -0.3 is 29.5 Å². The molecule has 2 aromatic rings. The van der Waals surface area contributed by atoms with E-state index in [1.54, 1.807) is 19.2 Å². The molecule has 0 aliphatic carbocycles. The van der Waals surface area contributed by atoms with Crippen LogP contribution in [-0.2, 0) is 19.7 Å². The Hall–Kier alpha value is -3.43. The number of carboxylic acids is 1. The van der Waals surface area contributed by atoms with E-state index in [0.717, 1.165) is 12.0 Å². The minimum Gasteiger partial charge on any atom is -0.505 e. The second-order valence-electron chi connectivity index (χ2n) is 11.8. The molecule has 0 aromatic heterocycles. The third kappa shape index (κ3) is 6.64. The zero-order valence-electron chi connectivity index (χ0n) is 23.9. The van der Waals surface area contributed by atoms with Crippen LogP contribution in [0.4, 0.5) is 5.69 Å². The highest BCUT2D eigenvalue weighted by atomic mass is 16.5. The van der Waals surface area contributed by atoms with E-state index in [2.05, 4.69) is 0 Å². The molecule has 9 nitrogen and oxygen atoms in total. The van der Waals surface area contributed by atoms with E-state index in [-0.39, 0.29) is 42.6 Å². The Kier molecular flexibility index (Phi) is 9.15. The van der Waals surface area contributed by atoms with E-state index in [4.69, 9.17) is 20.0 Å². The number of anilines is 1. The van der Waals surface area contributed by atoms with Crippen molar-refractivity contribution < 1.29 is 29.3 Å². The predicted octanol–water partition coefficient (Wildman–Crippen LogP) is 4.28. The number of likely N-dealkylation sites (tertiary alicyclic amines) is 1. The van der Waals surface area contributed by atoms with Gasteiger partial charge in [-0.15, -0.1) is 0 Å². The van der Waals surface area contributed by atoms with Crippen molar-refractivity contribution in [2.75, 3.05) is 51.4 Å². The van der Waals surface area contributed by atoms with Gasteiger partial charge in [0.2, 0.25) is 0 Å². The van der Waals surface area contributed by atoms with Gasteiger partial charge in [-0.25, -0.2) is 4.79 Å². The number of phenols is 1. The number of aromatic hydroxyl groups is 1. The number of ether oxygens (including phenoxy) is 2. The average Bonchev–Trinajstić information content (AvgIpc) is 3.50. The zero-order valence-corrected chi connectivity index (χ0v) is 23.9. The lowest BCUT2D eigenvalue weighted by Crippen LogP contribution is -2.32. The molecule has 2 aliphatic rings. The number of rotatable bonds is 11. The summed E-state index contributed by atoms with van der Waals surface area (Å²) in [5, 5.41) is 29.2. The van der Waals surface area contributed by atoms with Gasteiger partial charge in [0.1, 0.15) is 18.2 Å². The Morgan fingerprint density at radius 2 is 1.85 bits per heavy atom. The van der Waals surface area contributed by atoms with E-state index in [9.17, 15) is 14.7 Å². The van der Waals surface area contributed by atoms with Crippen LogP contribution in [0.5, 0.6) is 5.75 Å². The molecular formula is C31H41N3O6. The van der Waals surface area contributed by atoms with Gasteiger partial charge in [-0.05, 0) is 41.9 Å². The number of amidine groups is 1. The van der Waals surface area contributed by atoms with E-state index in [1.165, 1.54) is 0 Å². The summed E-state index contributed by atoms with van der Waals surface area (Å²) in [6, 6.07) is 13.5. The van der Waals surface area contributed by atoms with Gasteiger partial charge in [-0.3, -0.25) is 10.2 Å². The summed E-state index contributed by atoms with van der Waals surface area (Å²) in [7, 11) is 1.68. The SMILES string of the molecule is COCCC1CN(CC(=O)c2cc(N3CCC(OCC(=O)O)C3)c(O)c(C(C)(C)C)c2)C(=N)C1c1ccccc1. The standard InChI is InChI=1S/C31H41N3O6/c1-31(2,3)24-14-22(15-25(29(24)38)33-12-10-23(17-33)40-19-27(36)37)26(35)18-34-16-21(11-13-39-4)28(30(34)32)20-8-6-5-7-9-20/h5-9,14-15,21,23,28,32,38H,10-13,16-19H2,1-4H3,(H,36,37). The van der Waals surface area contributed by atoms with Crippen LogP contribution in [0.25, 0.3) is 0 Å². The first kappa shape index (κ1) is 29.6. The molecule has 2 aliphatic heterocycles. The van der Waals surface area contributed by atoms with Crippen LogP contribution in [0.15, 0.2) is 42.5 Å². The molecule has 216 valence electrons. The van der Waals surface area contributed by atoms with Crippen LogP contribution >= 0.6 is 0 Å². The highest BCUT2D eigenvalue weighted by Crippen LogP contribution is 2.41. The van der Waals surface area contributed by atoms with Gasteiger partial charge in [-0.2, -0.15) is 0 Å². The van der Waals surface area contributed by atoms with Crippen molar-refractivity contribution in [2.24, 2.45) is 5.92 Å². The van der Waals surface area contributed by atoms with Gasteiger partial charge >= 0.3 is 5.97 Å². The number of hydrogen-bond acceptors (Lipinski definition) is 7. The quantitative estimate of drug-likeness (QED) is 0.354. The summed E-state index contributed by atoms with van der Waals surface area (Å²) in [5.74, 6) is -0.509. The molecule has 2 aromatic carbocycles. The third-order valence-electron chi connectivity index (χ3n) is 7.90. The fourth-order valence-corrected chi connectivity index (χ4v) is 5.80. The number of aliphatic carboxylic acids is 1. The summed E-state index contributed by atoms with van der Waals surface area (Å²) in [6.45, 7) is 7.87. The largest absolute Gasteiger partial charge is 0.505 e. The van der Waals surface area contributed by atoms with Crippen LogP contribution in [0.1, 0.15) is 61.0 Å². The second kappa shape index (κ2) is 12.4. The number of carboxylic acid groups (broad SMARTS) is 1. The van der Waals surface area contributed by atoms with E-state index < -0.39 is 11.4 Å². The number of phenolic OH excluding ortho intramolecular Hbond substituents is 1. The molecule has 0 bridgehead atoms. The van der Waals surface area contributed by atoms with Gasteiger partial charge in [-0.1, -0.05) is 51.1 Å². The number of methoxy groups -OCH3 is 1. The van der Waals surface area contributed by atoms with Crippen molar-refractivity contribution in [1.29, 1.82) is 5.41 Å². The van der Waals surface area contributed by atoms with Crippen molar-refractivity contribution >= 4 is 23.3 Å². The van der Waals surface area contributed by atoms with Crippen LogP contribution in [0.3, 0.4) is 0 Å². The van der Waals surface area contributed by atoms with Crippen LogP contribution in [0, 0.1) is 11.3 Å². The molecule has 4 rings (SSSR count). The Bertz CT molecular complexity index is 1230. The fourth-order valence-electron chi connectivity index (χ4n) is 5.80. The lowest BCUT2D eigenvalue weighted by molar-refractivity contribution is -0.143. The Morgan fingerprint density at radius 1 is 1.12 bits per heavy atom. The monoisotopic (exact) mass is 551 g/mol. The lowest BCUT2D eigenvalue weighted by atomic mass is 9.84. The molecule has 2 heterocycles. The molecule has 0 amide bonds. The molecule has 3 atom stereocenters. The fraction of sp³-hybridized carbons (Fsp3) is 0.516. The number of ketones is 1. The highest BCUT2D eigenvalue weighted by molar-refractivity contribution is 6.02. The highest BCUT2D eigenvalue weighted by Gasteiger charge is 2.39. The first-order valence-electron chi connectivity index (χ1n) is 13.9. The maximum absolute atomic E-state index is 13.8. The van der Waals surface area contributed by atoms with E-state index in [1.807, 2.05) is 60.9 Å². The number of nitrogens with zero attached hydrogens (tertiary/aromatic N) is 2. The van der Waals surface area contributed by atoms with Gasteiger partial charge in [0, 0.05) is 50.4 Å². The first-order valence-corrected chi connectivity index (χ1v) is 13.9. The molecule has 0 radical (unpaired) electrons. The molecule has 2 fully saturated rings. The summed E-state index contributed by atoms with van der Waals surface area (Å²) in [6.07, 6.45) is 1.16. The van der Waals surface area contributed by atoms with Crippen molar-refractivity contribution in [3.05, 3.63) is 59.2 Å². The molecule has 0 spiro atoms. The molecule has 40 heavy (non-hydrogen) atoms. The molecule has 0 saturated carbocycles. The summed E-state index contributed by atoms with van der Waals surface area (Å²) < 4.78 is 10.8. The average molecular weight is 552 g/mol. The number of Topliss-reactive ketones (excluding diaryl/α,β-unsaturated/α-hetero) is 1. The smallest absolute Gasteiger partial charge is 0.329 e. The van der Waals surface area contributed by atoms with Crippen molar-refractivity contribution in [3.63, 3.8) is 0 Å². The third-order valence-corrected chi connectivity index (χ3v) is 7.90. The van der Waals surface area contributed by atoms with Gasteiger partial charge in [0.15, 0.2) is 5.78 Å². The maximum atomic E-state index is 13.8. The Morgan fingerprint density at radius 3 is 2.50 bits per heavy atom. The molecule has 2 saturated heterocycles. The molecule has 3 N–H and O–H groups in total. The molecular weight excluding hydrogens is 510 g/mol. The topological polar surface area (TPSA) is 123 Å². The van der Waals surface area contributed by atoms with Crippen LogP contribution in [-0.4, -0.2) is 85.3 Å². The van der Waals surface area contributed by atoms with Crippen molar-refractivity contribution in [1.82, 2.24) is 4.90 Å². The van der Waals surface area contributed by atoms with Crippen molar-refractivity contribution in [2.45, 2.75) is 51.0 Å².